The number of benzene rings is 2. The van der Waals surface area contributed by atoms with Gasteiger partial charge in [0.2, 0.25) is 0 Å². The van der Waals surface area contributed by atoms with E-state index in [-0.39, 0.29) is 12.2 Å². The van der Waals surface area contributed by atoms with Gasteiger partial charge in [-0.3, -0.25) is 4.99 Å². The van der Waals surface area contributed by atoms with Crippen LogP contribution in [-0.2, 0) is 19.7 Å². The largest absolute Gasteiger partial charge is 0.497 e. The molecule has 0 radical (unpaired) electrons. The molecule has 2 aromatic carbocycles. The van der Waals surface area contributed by atoms with Gasteiger partial charge in [-0.2, -0.15) is 0 Å². The third-order valence-electron chi connectivity index (χ3n) is 3.56. The van der Waals surface area contributed by atoms with Gasteiger partial charge in [0.05, 0.1) is 13.7 Å². The molecule has 0 saturated carbocycles. The highest BCUT2D eigenvalue weighted by Gasteiger charge is 2.04. The van der Waals surface area contributed by atoms with Gasteiger partial charge in [-0.05, 0) is 35.4 Å². The first-order valence-corrected chi connectivity index (χ1v) is 7.62. The molecule has 0 amide bonds. The minimum atomic E-state index is -0.401. The van der Waals surface area contributed by atoms with Crippen molar-refractivity contribution in [1.29, 1.82) is 0 Å². The van der Waals surface area contributed by atoms with E-state index >= 15 is 0 Å². The zero-order valence-corrected chi connectivity index (χ0v) is 13.8. The van der Waals surface area contributed by atoms with Crippen molar-refractivity contribution in [2.24, 2.45) is 4.99 Å². The molecular formula is C18H22FN3O2. The third kappa shape index (κ3) is 4.96. The van der Waals surface area contributed by atoms with Crippen molar-refractivity contribution in [2.75, 3.05) is 14.2 Å². The second-order valence-electron chi connectivity index (χ2n) is 5.21. The van der Waals surface area contributed by atoms with Crippen molar-refractivity contribution in [3.05, 3.63) is 65.0 Å². The quantitative estimate of drug-likeness (QED) is 0.561. The molecule has 2 rings (SSSR count). The average Bonchev–Trinajstić information content (AvgIpc) is 2.63. The van der Waals surface area contributed by atoms with Crippen LogP contribution >= 0.6 is 0 Å². The van der Waals surface area contributed by atoms with Gasteiger partial charge in [-0.15, -0.1) is 0 Å². The van der Waals surface area contributed by atoms with Gasteiger partial charge in [0, 0.05) is 25.7 Å². The molecule has 2 aromatic rings. The van der Waals surface area contributed by atoms with Crippen LogP contribution in [0.3, 0.4) is 0 Å². The Bertz CT molecular complexity index is 704. The molecular weight excluding hydrogens is 309 g/mol. The molecule has 0 unspecified atom stereocenters. The normalized spacial score (nSPS) is 11.2. The van der Waals surface area contributed by atoms with Crippen LogP contribution < -0.4 is 15.4 Å². The molecule has 24 heavy (non-hydrogen) atoms. The molecule has 6 heteroatoms. The summed E-state index contributed by atoms with van der Waals surface area (Å²) < 4.78 is 18.6. The summed E-state index contributed by atoms with van der Waals surface area (Å²) in [5.41, 5.74) is 2.22. The predicted molar refractivity (Wildman–Crippen MR) is 92.4 cm³/mol. The van der Waals surface area contributed by atoms with Crippen LogP contribution in [0.15, 0.2) is 47.5 Å². The molecule has 3 N–H and O–H groups in total. The number of nitrogens with one attached hydrogen (secondary N) is 2. The number of nitrogens with zero attached hydrogens (tertiary/aromatic N) is 1. The van der Waals surface area contributed by atoms with Gasteiger partial charge < -0.3 is 20.5 Å². The fourth-order valence-corrected chi connectivity index (χ4v) is 2.23. The Balaban J connectivity index is 1.90. The lowest BCUT2D eigenvalue weighted by Crippen LogP contribution is -2.36. The summed E-state index contributed by atoms with van der Waals surface area (Å²) in [5.74, 6) is 1.04. The Hall–Kier alpha value is -2.60. The van der Waals surface area contributed by atoms with E-state index in [9.17, 15) is 4.39 Å². The standard InChI is InChI=1S/C18H22FN3O2/c1-20-18(21-10-13-4-3-5-16(9-13)24-2)22-11-14-6-7-17(19)15(8-14)12-23/h3-9,23H,10-12H2,1-2H3,(H2,20,21,22). The highest BCUT2D eigenvalue weighted by atomic mass is 19.1. The zero-order valence-electron chi connectivity index (χ0n) is 13.8. The van der Waals surface area contributed by atoms with E-state index < -0.39 is 5.82 Å². The lowest BCUT2D eigenvalue weighted by Gasteiger charge is -2.13. The molecule has 0 saturated heterocycles. The Morgan fingerprint density at radius 2 is 1.83 bits per heavy atom. The number of guanidine groups is 1. The van der Waals surface area contributed by atoms with E-state index in [2.05, 4.69) is 15.6 Å². The fraction of sp³-hybridized carbons (Fsp3) is 0.278. The highest BCUT2D eigenvalue weighted by Crippen LogP contribution is 2.12. The molecule has 0 spiro atoms. The number of halogens is 1. The van der Waals surface area contributed by atoms with E-state index in [4.69, 9.17) is 9.84 Å². The minimum Gasteiger partial charge on any atom is -0.497 e. The highest BCUT2D eigenvalue weighted by molar-refractivity contribution is 5.79. The lowest BCUT2D eigenvalue weighted by atomic mass is 10.1. The van der Waals surface area contributed by atoms with Crippen molar-refractivity contribution in [3.63, 3.8) is 0 Å². The SMILES string of the molecule is CN=C(NCc1cccc(OC)c1)NCc1ccc(F)c(CO)c1. The topological polar surface area (TPSA) is 65.9 Å². The number of methoxy groups -OCH3 is 1. The summed E-state index contributed by atoms with van der Waals surface area (Å²) in [6.07, 6.45) is 0. The number of ether oxygens (including phenoxy) is 1. The first-order chi connectivity index (χ1) is 11.7. The second kappa shape index (κ2) is 8.88. The molecule has 0 aliphatic heterocycles. The first-order valence-electron chi connectivity index (χ1n) is 7.62. The predicted octanol–water partition coefficient (Wildman–Crippen LogP) is 2.19. The van der Waals surface area contributed by atoms with Gasteiger partial charge in [0.15, 0.2) is 5.96 Å². The molecule has 0 heterocycles. The number of aliphatic hydroxyl groups excluding tert-OH is 1. The third-order valence-corrected chi connectivity index (χ3v) is 3.56. The van der Waals surface area contributed by atoms with Crippen molar-refractivity contribution >= 4 is 5.96 Å². The molecule has 5 nitrogen and oxygen atoms in total. The Kier molecular flexibility index (Phi) is 6.57. The fourth-order valence-electron chi connectivity index (χ4n) is 2.23. The summed E-state index contributed by atoms with van der Waals surface area (Å²) in [7, 11) is 3.32. The Morgan fingerprint density at radius 3 is 2.46 bits per heavy atom. The average molecular weight is 331 g/mol. The van der Waals surface area contributed by atoms with Gasteiger partial charge >= 0.3 is 0 Å². The maximum Gasteiger partial charge on any atom is 0.191 e. The molecule has 0 fully saturated rings. The van der Waals surface area contributed by atoms with E-state index in [0.717, 1.165) is 16.9 Å². The maximum absolute atomic E-state index is 13.4. The summed E-state index contributed by atoms with van der Waals surface area (Å²) in [6.45, 7) is 0.760. The van der Waals surface area contributed by atoms with Crippen LogP contribution in [0.1, 0.15) is 16.7 Å². The number of hydrogen-bond donors (Lipinski definition) is 3. The number of aliphatic hydroxyl groups is 1. The van der Waals surface area contributed by atoms with E-state index in [1.807, 2.05) is 24.3 Å². The van der Waals surface area contributed by atoms with Gasteiger partial charge in [-0.1, -0.05) is 18.2 Å². The van der Waals surface area contributed by atoms with Gasteiger partial charge in [-0.25, -0.2) is 4.39 Å². The van der Waals surface area contributed by atoms with Crippen LogP contribution in [0.2, 0.25) is 0 Å². The molecule has 0 aliphatic rings. The smallest absolute Gasteiger partial charge is 0.191 e. The van der Waals surface area contributed by atoms with Crippen LogP contribution in [-0.4, -0.2) is 25.2 Å². The molecule has 0 atom stereocenters. The maximum atomic E-state index is 13.4. The molecule has 128 valence electrons. The van der Waals surface area contributed by atoms with Crippen molar-refractivity contribution in [3.8, 4) is 5.75 Å². The molecule has 0 bridgehead atoms. The van der Waals surface area contributed by atoms with Crippen molar-refractivity contribution in [2.45, 2.75) is 19.7 Å². The van der Waals surface area contributed by atoms with E-state index in [1.54, 1.807) is 26.3 Å². The summed E-state index contributed by atoms with van der Waals surface area (Å²) in [6, 6.07) is 12.4. The summed E-state index contributed by atoms with van der Waals surface area (Å²) in [5, 5.41) is 15.5. The minimum absolute atomic E-state index is 0.286. The van der Waals surface area contributed by atoms with Crippen LogP contribution in [0.25, 0.3) is 0 Å². The number of rotatable bonds is 6. The van der Waals surface area contributed by atoms with E-state index in [1.165, 1.54) is 6.07 Å². The van der Waals surface area contributed by atoms with Crippen LogP contribution in [0.4, 0.5) is 4.39 Å². The zero-order chi connectivity index (χ0) is 17.4. The van der Waals surface area contributed by atoms with Gasteiger partial charge in [0.25, 0.3) is 0 Å². The Labute approximate surface area is 141 Å². The van der Waals surface area contributed by atoms with E-state index in [0.29, 0.717) is 19.0 Å². The Morgan fingerprint density at radius 1 is 1.12 bits per heavy atom. The number of hydrogen-bond acceptors (Lipinski definition) is 3. The molecule has 0 aliphatic carbocycles. The number of aliphatic imine (C=N–C) groups is 1. The lowest BCUT2D eigenvalue weighted by molar-refractivity contribution is 0.275. The van der Waals surface area contributed by atoms with Crippen molar-refractivity contribution < 1.29 is 14.2 Å². The summed E-state index contributed by atoms with van der Waals surface area (Å²) in [4.78, 5) is 4.16. The summed E-state index contributed by atoms with van der Waals surface area (Å²) >= 11 is 0. The first kappa shape index (κ1) is 17.7. The van der Waals surface area contributed by atoms with Crippen LogP contribution in [0.5, 0.6) is 5.75 Å². The monoisotopic (exact) mass is 331 g/mol. The van der Waals surface area contributed by atoms with Crippen molar-refractivity contribution in [1.82, 2.24) is 10.6 Å². The van der Waals surface area contributed by atoms with Gasteiger partial charge in [0.1, 0.15) is 11.6 Å². The van der Waals surface area contributed by atoms with Crippen LogP contribution in [0, 0.1) is 5.82 Å². The molecule has 0 aromatic heterocycles. The second-order valence-corrected chi connectivity index (χ2v) is 5.21.